The van der Waals surface area contributed by atoms with Gasteiger partial charge in [-0.2, -0.15) is 0 Å². The zero-order valence-corrected chi connectivity index (χ0v) is 11.4. The van der Waals surface area contributed by atoms with Crippen molar-refractivity contribution in [2.75, 3.05) is 0 Å². The summed E-state index contributed by atoms with van der Waals surface area (Å²) >= 11 is 0. The van der Waals surface area contributed by atoms with Gasteiger partial charge in [-0.15, -0.1) is 0 Å². The van der Waals surface area contributed by atoms with Crippen molar-refractivity contribution in [2.24, 2.45) is 40.9 Å². The predicted molar refractivity (Wildman–Crippen MR) is 68.1 cm³/mol. The summed E-state index contributed by atoms with van der Waals surface area (Å²) in [6, 6.07) is 0.365. The Hall–Kier alpha value is -1.06. The van der Waals surface area contributed by atoms with E-state index in [2.05, 4.69) is 5.32 Å². The van der Waals surface area contributed by atoms with Crippen LogP contribution < -0.4 is 5.32 Å². The topological polar surface area (TPSA) is 66.4 Å². The van der Waals surface area contributed by atoms with Crippen LogP contribution in [0.3, 0.4) is 0 Å². The Bertz CT molecular complexity index is 456. The Labute approximate surface area is 112 Å². The van der Waals surface area contributed by atoms with Gasteiger partial charge in [-0.3, -0.25) is 9.59 Å². The van der Waals surface area contributed by atoms with E-state index < -0.39 is 11.9 Å². The Morgan fingerprint density at radius 2 is 1.68 bits per heavy atom. The maximum atomic E-state index is 12.3. The van der Waals surface area contributed by atoms with Crippen molar-refractivity contribution >= 4 is 11.9 Å². The number of amides is 1. The Kier molecular flexibility index (Phi) is 2.06. The molecule has 0 radical (unpaired) electrons. The van der Waals surface area contributed by atoms with Gasteiger partial charge in [0.15, 0.2) is 0 Å². The van der Waals surface area contributed by atoms with Gasteiger partial charge >= 0.3 is 5.97 Å². The first kappa shape index (κ1) is 11.7. The monoisotopic (exact) mass is 263 g/mol. The van der Waals surface area contributed by atoms with E-state index in [-0.39, 0.29) is 17.2 Å². The smallest absolute Gasteiger partial charge is 0.307 e. The lowest BCUT2D eigenvalue weighted by atomic mass is 10.0. The number of hydrogen-bond acceptors (Lipinski definition) is 2. The largest absolute Gasteiger partial charge is 0.481 e. The van der Waals surface area contributed by atoms with Crippen LogP contribution in [0.25, 0.3) is 0 Å². The van der Waals surface area contributed by atoms with Crippen LogP contribution in [-0.2, 0) is 9.59 Å². The van der Waals surface area contributed by atoms with Crippen molar-refractivity contribution in [2.45, 2.75) is 39.2 Å². The van der Waals surface area contributed by atoms with Gasteiger partial charge in [0.1, 0.15) is 0 Å². The van der Waals surface area contributed by atoms with E-state index in [1.54, 1.807) is 0 Å². The molecule has 4 fully saturated rings. The van der Waals surface area contributed by atoms with Gasteiger partial charge in [-0.25, -0.2) is 0 Å². The lowest BCUT2D eigenvalue weighted by Crippen LogP contribution is -2.32. The van der Waals surface area contributed by atoms with Gasteiger partial charge in [0, 0.05) is 6.04 Å². The van der Waals surface area contributed by atoms with E-state index in [0.717, 1.165) is 11.8 Å². The molecule has 2 N–H and O–H groups in total. The zero-order chi connectivity index (χ0) is 13.5. The first-order valence-electron chi connectivity index (χ1n) is 7.46. The molecule has 0 spiro atoms. The third-order valence-corrected chi connectivity index (χ3v) is 6.42. The average molecular weight is 263 g/mol. The van der Waals surface area contributed by atoms with E-state index >= 15 is 0 Å². The average Bonchev–Trinajstić information content (AvgIpc) is 3.01. The van der Waals surface area contributed by atoms with Crippen LogP contribution in [0.5, 0.6) is 0 Å². The highest BCUT2D eigenvalue weighted by Gasteiger charge is 2.69. The molecular formula is C15H21NO3. The number of carbonyl (C=O) groups is 2. The lowest BCUT2D eigenvalue weighted by molar-refractivity contribution is -0.140. The van der Waals surface area contributed by atoms with Crippen molar-refractivity contribution in [3.63, 3.8) is 0 Å². The summed E-state index contributed by atoms with van der Waals surface area (Å²) in [5, 5.41) is 12.3. The predicted octanol–water partition coefficient (Wildman–Crippen LogP) is 1.50. The lowest BCUT2D eigenvalue weighted by Gasteiger charge is -2.11. The van der Waals surface area contributed by atoms with Crippen LogP contribution >= 0.6 is 0 Å². The molecule has 104 valence electrons. The molecule has 4 heteroatoms. The molecule has 0 aromatic carbocycles. The SMILES string of the molecule is CC1(C)[C@H](C(=O)O)[C@@H]1C(=O)NC1C2C3CCC(C3)C12. The van der Waals surface area contributed by atoms with Crippen LogP contribution in [0, 0.1) is 40.9 Å². The molecule has 4 unspecified atom stereocenters. The minimum Gasteiger partial charge on any atom is -0.481 e. The van der Waals surface area contributed by atoms with Gasteiger partial charge in [0.05, 0.1) is 11.8 Å². The molecule has 0 saturated heterocycles. The fourth-order valence-electron chi connectivity index (χ4n) is 5.36. The Morgan fingerprint density at radius 1 is 1.11 bits per heavy atom. The molecule has 4 aliphatic rings. The number of carboxylic acid groups (broad SMARTS) is 1. The normalized spacial score (nSPS) is 51.6. The third-order valence-electron chi connectivity index (χ3n) is 6.42. The number of aliphatic carboxylic acids is 1. The highest BCUT2D eigenvalue weighted by Crippen LogP contribution is 2.66. The van der Waals surface area contributed by atoms with E-state index in [0.29, 0.717) is 17.9 Å². The Morgan fingerprint density at radius 3 is 2.16 bits per heavy atom. The molecule has 4 aliphatic carbocycles. The van der Waals surface area contributed by atoms with Crippen molar-refractivity contribution in [1.29, 1.82) is 0 Å². The van der Waals surface area contributed by atoms with Gasteiger partial charge in [0.25, 0.3) is 0 Å². The molecular weight excluding hydrogens is 242 g/mol. The van der Waals surface area contributed by atoms with E-state index in [1.165, 1.54) is 19.3 Å². The van der Waals surface area contributed by atoms with Crippen molar-refractivity contribution in [3.05, 3.63) is 0 Å². The second-order valence-corrected chi connectivity index (χ2v) is 7.64. The molecule has 0 aromatic rings. The molecule has 0 heterocycles. The molecule has 0 aromatic heterocycles. The van der Waals surface area contributed by atoms with E-state index in [4.69, 9.17) is 5.11 Å². The minimum absolute atomic E-state index is 0.0174. The van der Waals surface area contributed by atoms with Crippen LogP contribution in [-0.4, -0.2) is 23.0 Å². The van der Waals surface area contributed by atoms with Crippen molar-refractivity contribution in [3.8, 4) is 0 Å². The van der Waals surface area contributed by atoms with Crippen LogP contribution in [0.2, 0.25) is 0 Å². The molecule has 2 bridgehead atoms. The first-order chi connectivity index (χ1) is 8.93. The molecule has 4 nitrogen and oxygen atoms in total. The van der Waals surface area contributed by atoms with Gasteiger partial charge in [-0.05, 0) is 48.3 Å². The minimum atomic E-state index is -0.832. The number of rotatable bonds is 3. The summed E-state index contributed by atoms with van der Waals surface area (Å²) in [6.07, 6.45) is 4.05. The van der Waals surface area contributed by atoms with Crippen LogP contribution in [0.4, 0.5) is 0 Å². The number of hydrogen-bond donors (Lipinski definition) is 2. The molecule has 19 heavy (non-hydrogen) atoms. The maximum absolute atomic E-state index is 12.3. The first-order valence-corrected chi connectivity index (χ1v) is 7.46. The summed E-state index contributed by atoms with van der Waals surface area (Å²) in [4.78, 5) is 23.4. The number of nitrogens with one attached hydrogen (secondary N) is 1. The second kappa shape index (κ2) is 3.33. The summed E-state index contributed by atoms with van der Waals surface area (Å²) in [5.41, 5.74) is -0.376. The summed E-state index contributed by atoms with van der Waals surface area (Å²) in [7, 11) is 0. The molecule has 4 rings (SSSR count). The molecule has 0 aliphatic heterocycles. The van der Waals surface area contributed by atoms with Crippen LogP contribution in [0.15, 0.2) is 0 Å². The van der Waals surface area contributed by atoms with Crippen LogP contribution in [0.1, 0.15) is 33.1 Å². The summed E-state index contributed by atoms with van der Waals surface area (Å²) in [5.74, 6) is 1.43. The third kappa shape index (κ3) is 1.40. The fraction of sp³-hybridized carbons (Fsp3) is 0.867. The van der Waals surface area contributed by atoms with Gasteiger partial charge in [-0.1, -0.05) is 13.8 Å². The summed E-state index contributed by atoms with van der Waals surface area (Å²) in [6.45, 7) is 3.76. The van der Waals surface area contributed by atoms with Crippen molar-refractivity contribution < 1.29 is 14.7 Å². The molecule has 6 atom stereocenters. The quantitative estimate of drug-likeness (QED) is 0.811. The van der Waals surface area contributed by atoms with Gasteiger partial charge < -0.3 is 10.4 Å². The highest BCUT2D eigenvalue weighted by atomic mass is 16.4. The Balaban J connectivity index is 1.41. The fourth-order valence-corrected chi connectivity index (χ4v) is 5.36. The van der Waals surface area contributed by atoms with Crippen molar-refractivity contribution in [1.82, 2.24) is 5.32 Å². The number of carbonyl (C=O) groups excluding carboxylic acids is 1. The van der Waals surface area contributed by atoms with Gasteiger partial charge in [0.2, 0.25) is 5.91 Å². The summed E-state index contributed by atoms with van der Waals surface area (Å²) < 4.78 is 0. The zero-order valence-electron chi connectivity index (χ0n) is 11.4. The second-order valence-electron chi connectivity index (χ2n) is 7.64. The number of carboxylic acids is 1. The standard InChI is InChI=1S/C15H21NO3/c1-15(2)10(11(15)14(18)19)13(17)16-12-8-6-3-4-7(5-6)9(8)12/h6-12H,3-5H2,1-2H3,(H,16,17)(H,18,19)/t6?,7?,8?,9?,10-,11+,12?/m1/s1. The molecule has 4 saturated carbocycles. The molecule has 1 amide bonds. The van der Waals surface area contributed by atoms with E-state index in [9.17, 15) is 9.59 Å². The van der Waals surface area contributed by atoms with E-state index in [1.807, 2.05) is 13.8 Å². The maximum Gasteiger partial charge on any atom is 0.307 e. The number of fused-ring (bicyclic) bond motifs is 5. The highest BCUT2D eigenvalue weighted by molar-refractivity contribution is 5.92.